The molecule has 252 valence electrons. The molecule has 0 aliphatic rings. The molecule has 0 aromatic heterocycles. The molecular formula is C36H60O8. The number of ether oxygens (including phenoxy) is 2. The summed E-state index contributed by atoms with van der Waals surface area (Å²) in [5.74, 6) is -0.141. The SMILES string of the molecule is CC/C=C\C[C@H](O)/C=C/C=C/C=C\C=C/[C@@H](O)[C@H](O)CCCC(=O)O[C@@H](CO)COC(=O)CCCCCCCCC(C)CC. The van der Waals surface area contributed by atoms with Crippen molar-refractivity contribution >= 4 is 11.9 Å². The molecule has 0 saturated heterocycles. The van der Waals surface area contributed by atoms with E-state index in [0.717, 1.165) is 31.6 Å². The molecule has 44 heavy (non-hydrogen) atoms. The Morgan fingerprint density at radius 2 is 1.34 bits per heavy atom. The third-order valence-electron chi connectivity index (χ3n) is 7.21. The minimum atomic E-state index is -1.09. The minimum absolute atomic E-state index is 0.00288. The van der Waals surface area contributed by atoms with Gasteiger partial charge in [0, 0.05) is 12.8 Å². The first-order chi connectivity index (χ1) is 21.2. The molecule has 0 aliphatic carbocycles. The molecule has 8 heteroatoms. The Kier molecular flexibility index (Phi) is 27.5. The Bertz CT molecular complexity index is 860. The van der Waals surface area contributed by atoms with E-state index in [4.69, 9.17) is 9.47 Å². The number of hydrogen-bond acceptors (Lipinski definition) is 8. The number of esters is 2. The number of rotatable bonds is 27. The van der Waals surface area contributed by atoms with Crippen molar-refractivity contribution in [2.24, 2.45) is 5.92 Å². The quantitative estimate of drug-likeness (QED) is 0.0357. The van der Waals surface area contributed by atoms with Crippen LogP contribution < -0.4 is 0 Å². The maximum Gasteiger partial charge on any atom is 0.306 e. The van der Waals surface area contributed by atoms with Crippen molar-refractivity contribution in [3.8, 4) is 0 Å². The largest absolute Gasteiger partial charge is 0.462 e. The fourth-order valence-corrected chi connectivity index (χ4v) is 4.16. The van der Waals surface area contributed by atoms with E-state index in [2.05, 4.69) is 13.8 Å². The molecule has 1 unspecified atom stereocenters. The van der Waals surface area contributed by atoms with E-state index in [9.17, 15) is 30.0 Å². The van der Waals surface area contributed by atoms with Gasteiger partial charge in [0.05, 0.1) is 24.9 Å². The van der Waals surface area contributed by atoms with E-state index in [-0.39, 0.29) is 31.8 Å². The highest BCUT2D eigenvalue weighted by atomic mass is 16.6. The van der Waals surface area contributed by atoms with Crippen LogP contribution >= 0.6 is 0 Å². The number of aliphatic hydroxyl groups is 4. The molecule has 0 aromatic carbocycles. The molecule has 0 heterocycles. The molecule has 0 bridgehead atoms. The fourth-order valence-electron chi connectivity index (χ4n) is 4.16. The second-order valence-corrected chi connectivity index (χ2v) is 11.3. The van der Waals surface area contributed by atoms with E-state index in [1.54, 1.807) is 42.5 Å². The summed E-state index contributed by atoms with van der Waals surface area (Å²) in [4.78, 5) is 24.1. The summed E-state index contributed by atoms with van der Waals surface area (Å²) in [6, 6.07) is 0. The Morgan fingerprint density at radius 1 is 0.727 bits per heavy atom. The first-order valence-corrected chi connectivity index (χ1v) is 16.6. The lowest BCUT2D eigenvalue weighted by Crippen LogP contribution is -2.29. The van der Waals surface area contributed by atoms with Gasteiger partial charge in [-0.1, -0.05) is 126 Å². The van der Waals surface area contributed by atoms with E-state index in [0.29, 0.717) is 12.8 Å². The second kappa shape index (κ2) is 29.2. The standard InChI is InChI=1S/C36H60O8/c1-4-6-15-22-31(38)23-17-12-8-9-13-18-24-33(39)34(40)25-20-27-36(42)44-32(28-37)29-43-35(41)26-19-14-10-7-11-16-21-30(3)5-2/h6,8-9,12-13,15,17-18,23-24,30-34,37-40H,4-5,7,10-11,14,16,19-22,25-29H2,1-3H3/b12-8+,13-9-,15-6-,23-17+,24-18-/t30?,31-,32-,33+,34+/m0/s1. The molecule has 0 amide bonds. The fraction of sp³-hybridized carbons (Fsp3) is 0.667. The smallest absolute Gasteiger partial charge is 0.306 e. The van der Waals surface area contributed by atoms with Gasteiger partial charge in [0.1, 0.15) is 6.61 Å². The summed E-state index contributed by atoms with van der Waals surface area (Å²) in [7, 11) is 0. The van der Waals surface area contributed by atoms with Crippen LogP contribution in [0.5, 0.6) is 0 Å². The lowest BCUT2D eigenvalue weighted by molar-refractivity contribution is -0.161. The summed E-state index contributed by atoms with van der Waals surface area (Å²) < 4.78 is 10.4. The van der Waals surface area contributed by atoms with E-state index < -0.39 is 37.0 Å². The average molecular weight is 621 g/mol. The lowest BCUT2D eigenvalue weighted by atomic mass is 10.00. The number of hydrogen-bond donors (Lipinski definition) is 4. The Morgan fingerprint density at radius 3 is 2.00 bits per heavy atom. The molecule has 0 spiro atoms. The molecule has 4 N–H and O–H groups in total. The molecule has 0 rings (SSSR count). The summed E-state index contributed by atoms with van der Waals surface area (Å²) in [6.45, 7) is 5.90. The average Bonchev–Trinajstić information content (AvgIpc) is 3.01. The van der Waals surface area contributed by atoms with Crippen LogP contribution in [0.3, 0.4) is 0 Å². The van der Waals surface area contributed by atoms with Crippen LogP contribution in [0.4, 0.5) is 0 Å². The highest BCUT2D eigenvalue weighted by Gasteiger charge is 2.18. The number of carbonyl (C=O) groups excluding carboxylic acids is 2. The predicted molar refractivity (Wildman–Crippen MR) is 177 cm³/mol. The summed E-state index contributed by atoms with van der Waals surface area (Å²) >= 11 is 0. The summed E-state index contributed by atoms with van der Waals surface area (Å²) in [6.07, 6.45) is 25.2. The highest BCUT2D eigenvalue weighted by Crippen LogP contribution is 2.15. The molecule has 0 aliphatic heterocycles. The first-order valence-electron chi connectivity index (χ1n) is 16.6. The van der Waals surface area contributed by atoms with Crippen molar-refractivity contribution in [2.75, 3.05) is 13.2 Å². The molecule has 0 fully saturated rings. The van der Waals surface area contributed by atoms with Crippen LogP contribution in [-0.2, 0) is 19.1 Å². The number of unbranched alkanes of at least 4 members (excludes halogenated alkanes) is 5. The van der Waals surface area contributed by atoms with Crippen LogP contribution in [0.2, 0.25) is 0 Å². The van der Waals surface area contributed by atoms with Crippen molar-refractivity contribution in [2.45, 2.75) is 135 Å². The first kappa shape index (κ1) is 41.5. The van der Waals surface area contributed by atoms with E-state index in [1.807, 2.05) is 19.1 Å². The van der Waals surface area contributed by atoms with E-state index in [1.165, 1.54) is 38.2 Å². The zero-order valence-electron chi connectivity index (χ0n) is 27.4. The minimum Gasteiger partial charge on any atom is -0.462 e. The predicted octanol–water partition coefficient (Wildman–Crippen LogP) is 6.43. The summed E-state index contributed by atoms with van der Waals surface area (Å²) in [5.41, 5.74) is 0. The van der Waals surface area contributed by atoms with Crippen molar-refractivity contribution in [1.82, 2.24) is 0 Å². The van der Waals surface area contributed by atoms with Gasteiger partial charge in [0.2, 0.25) is 0 Å². The van der Waals surface area contributed by atoms with Crippen LogP contribution in [0.1, 0.15) is 111 Å². The Hall–Kier alpha value is -2.52. The molecule has 8 nitrogen and oxygen atoms in total. The second-order valence-electron chi connectivity index (χ2n) is 11.3. The van der Waals surface area contributed by atoms with Crippen molar-refractivity contribution in [1.29, 1.82) is 0 Å². The highest BCUT2D eigenvalue weighted by molar-refractivity contribution is 5.70. The summed E-state index contributed by atoms with van der Waals surface area (Å²) in [5, 5.41) is 39.5. The molecule has 0 radical (unpaired) electrons. The van der Waals surface area contributed by atoms with E-state index >= 15 is 0 Å². The molecule has 0 saturated carbocycles. The van der Waals surface area contributed by atoms with Crippen molar-refractivity contribution < 1.29 is 39.5 Å². The lowest BCUT2D eigenvalue weighted by Gasteiger charge is -2.17. The van der Waals surface area contributed by atoms with Gasteiger partial charge >= 0.3 is 11.9 Å². The van der Waals surface area contributed by atoms with Crippen molar-refractivity contribution in [3.05, 3.63) is 60.8 Å². The van der Waals surface area contributed by atoms with Gasteiger partial charge in [-0.3, -0.25) is 9.59 Å². The maximum absolute atomic E-state index is 12.1. The van der Waals surface area contributed by atoms with Gasteiger partial charge in [-0.05, 0) is 38.0 Å². The number of carbonyl (C=O) groups is 2. The van der Waals surface area contributed by atoms with Gasteiger partial charge in [0.15, 0.2) is 6.10 Å². The van der Waals surface area contributed by atoms with Crippen molar-refractivity contribution in [3.63, 3.8) is 0 Å². The van der Waals surface area contributed by atoms with Gasteiger partial charge in [-0.25, -0.2) is 0 Å². The molecular weight excluding hydrogens is 560 g/mol. The number of allylic oxidation sites excluding steroid dienone is 7. The third-order valence-corrected chi connectivity index (χ3v) is 7.21. The number of aliphatic hydroxyl groups excluding tert-OH is 4. The zero-order valence-corrected chi connectivity index (χ0v) is 27.4. The monoisotopic (exact) mass is 620 g/mol. The zero-order chi connectivity index (χ0) is 32.8. The van der Waals surface area contributed by atoms with Gasteiger partial charge in [0.25, 0.3) is 0 Å². The normalized spacial score (nSPS) is 15.9. The van der Waals surface area contributed by atoms with Gasteiger partial charge in [-0.2, -0.15) is 0 Å². The van der Waals surface area contributed by atoms with Crippen LogP contribution in [0.25, 0.3) is 0 Å². The third kappa shape index (κ3) is 25.9. The van der Waals surface area contributed by atoms with Crippen LogP contribution in [-0.4, -0.2) is 70.0 Å². The Labute approximate surface area is 266 Å². The van der Waals surface area contributed by atoms with Crippen LogP contribution in [0.15, 0.2) is 60.8 Å². The van der Waals surface area contributed by atoms with Crippen LogP contribution in [0, 0.1) is 5.92 Å². The topological polar surface area (TPSA) is 134 Å². The molecule has 5 atom stereocenters. The van der Waals surface area contributed by atoms with Gasteiger partial charge in [-0.15, -0.1) is 0 Å². The van der Waals surface area contributed by atoms with Gasteiger partial charge < -0.3 is 29.9 Å². The maximum atomic E-state index is 12.1. The Balaban J connectivity index is 4.07. The molecule has 0 aromatic rings.